The minimum absolute atomic E-state index is 0.0835. The first kappa shape index (κ1) is 14.4. The van der Waals surface area contributed by atoms with Crippen LogP contribution in [-0.2, 0) is 12.0 Å². The van der Waals surface area contributed by atoms with E-state index in [1.165, 1.54) is 5.56 Å². The van der Waals surface area contributed by atoms with E-state index < -0.39 is 0 Å². The lowest BCUT2D eigenvalue weighted by Crippen LogP contribution is -2.22. The number of aromatic nitrogens is 2. The van der Waals surface area contributed by atoms with Crippen molar-refractivity contribution >= 4 is 16.8 Å². The van der Waals surface area contributed by atoms with Crippen molar-refractivity contribution in [3.8, 4) is 0 Å². The van der Waals surface area contributed by atoms with Crippen LogP contribution in [0.2, 0.25) is 0 Å². The van der Waals surface area contributed by atoms with Crippen molar-refractivity contribution in [3.05, 3.63) is 53.5 Å². The molecular formula is C17H19N3O2. The average Bonchev–Trinajstić information content (AvgIpc) is 3.11. The minimum atomic E-state index is -0.162. The molecule has 0 atom stereocenters. The van der Waals surface area contributed by atoms with Crippen molar-refractivity contribution in [2.45, 2.75) is 32.7 Å². The number of benzene rings is 1. The third-order valence-corrected chi connectivity index (χ3v) is 3.65. The molecule has 0 bridgehead atoms. The molecule has 3 aromatic rings. The maximum Gasteiger partial charge on any atom is 0.268 e. The van der Waals surface area contributed by atoms with Gasteiger partial charge in [0, 0.05) is 17.0 Å². The molecule has 0 fully saturated rings. The van der Waals surface area contributed by atoms with E-state index in [1.54, 1.807) is 12.3 Å². The summed E-state index contributed by atoms with van der Waals surface area (Å²) in [5.41, 5.74) is 2.83. The van der Waals surface area contributed by atoms with E-state index in [9.17, 15) is 4.79 Å². The van der Waals surface area contributed by atoms with Crippen LogP contribution in [0.4, 0.5) is 0 Å². The van der Waals surface area contributed by atoms with Crippen LogP contribution in [0.3, 0.4) is 0 Å². The summed E-state index contributed by atoms with van der Waals surface area (Å²) in [5.74, 6) is 0.462. The zero-order chi connectivity index (χ0) is 15.7. The predicted molar refractivity (Wildman–Crippen MR) is 84.7 cm³/mol. The fourth-order valence-electron chi connectivity index (χ4n) is 2.32. The summed E-state index contributed by atoms with van der Waals surface area (Å²) in [5, 5.41) is 7.45. The van der Waals surface area contributed by atoms with E-state index in [4.69, 9.17) is 4.52 Å². The number of H-pyrrole nitrogens is 1. The minimum Gasteiger partial charge on any atom is -0.360 e. The van der Waals surface area contributed by atoms with Crippen molar-refractivity contribution in [1.29, 1.82) is 0 Å². The van der Waals surface area contributed by atoms with Crippen LogP contribution in [-0.4, -0.2) is 16.0 Å². The lowest BCUT2D eigenvalue weighted by molar-refractivity contribution is 0.0943. The Hall–Kier alpha value is -2.56. The Bertz CT molecular complexity index is 795. The molecule has 1 aromatic carbocycles. The number of nitrogens with zero attached hydrogens (tertiary/aromatic N) is 1. The molecule has 0 aliphatic heterocycles. The van der Waals surface area contributed by atoms with E-state index >= 15 is 0 Å². The van der Waals surface area contributed by atoms with Crippen LogP contribution >= 0.6 is 0 Å². The lowest BCUT2D eigenvalue weighted by atomic mass is 9.86. The molecule has 0 spiro atoms. The van der Waals surface area contributed by atoms with Crippen LogP contribution in [0.25, 0.3) is 10.9 Å². The Morgan fingerprint density at radius 2 is 2.09 bits per heavy atom. The molecule has 114 valence electrons. The van der Waals surface area contributed by atoms with Gasteiger partial charge in [-0.05, 0) is 29.2 Å². The summed E-state index contributed by atoms with van der Waals surface area (Å²) >= 11 is 0. The highest BCUT2D eigenvalue weighted by atomic mass is 16.5. The molecule has 3 rings (SSSR count). The first-order chi connectivity index (χ1) is 10.4. The van der Waals surface area contributed by atoms with Crippen LogP contribution in [0, 0.1) is 0 Å². The Kier molecular flexibility index (Phi) is 3.48. The van der Waals surface area contributed by atoms with E-state index in [1.807, 2.05) is 12.1 Å². The molecule has 0 saturated carbocycles. The molecule has 0 unspecified atom stereocenters. The summed E-state index contributed by atoms with van der Waals surface area (Å²) in [6.07, 6.45) is 1.55. The summed E-state index contributed by atoms with van der Waals surface area (Å²) in [6.45, 7) is 6.84. The van der Waals surface area contributed by atoms with Gasteiger partial charge < -0.3 is 14.8 Å². The Balaban J connectivity index is 1.80. The molecular weight excluding hydrogens is 278 g/mol. The van der Waals surface area contributed by atoms with Crippen molar-refractivity contribution in [3.63, 3.8) is 0 Å². The van der Waals surface area contributed by atoms with Gasteiger partial charge in [-0.1, -0.05) is 32.0 Å². The third kappa shape index (κ3) is 2.88. The van der Waals surface area contributed by atoms with E-state index in [0.717, 1.165) is 10.9 Å². The van der Waals surface area contributed by atoms with Gasteiger partial charge in [0.2, 0.25) is 0 Å². The van der Waals surface area contributed by atoms with Crippen molar-refractivity contribution < 1.29 is 9.32 Å². The van der Waals surface area contributed by atoms with E-state index in [0.29, 0.717) is 18.0 Å². The SMILES string of the molecule is CC(C)(C)c1ccc2[nH]c(C(=O)NCc3ccno3)cc2c1. The molecule has 0 aliphatic carbocycles. The van der Waals surface area contributed by atoms with Gasteiger partial charge in [0.1, 0.15) is 5.69 Å². The quantitative estimate of drug-likeness (QED) is 0.778. The second-order valence-corrected chi connectivity index (χ2v) is 6.40. The first-order valence-electron chi connectivity index (χ1n) is 7.24. The summed E-state index contributed by atoms with van der Waals surface area (Å²) in [6, 6.07) is 9.83. The van der Waals surface area contributed by atoms with Gasteiger partial charge in [0.25, 0.3) is 5.91 Å². The molecule has 2 aromatic heterocycles. The van der Waals surface area contributed by atoms with Crippen molar-refractivity contribution in [2.75, 3.05) is 0 Å². The number of hydrogen-bond donors (Lipinski definition) is 2. The zero-order valence-corrected chi connectivity index (χ0v) is 12.9. The number of fused-ring (bicyclic) bond motifs is 1. The van der Waals surface area contributed by atoms with E-state index in [-0.39, 0.29) is 11.3 Å². The number of hydrogen-bond acceptors (Lipinski definition) is 3. The molecule has 0 aliphatic rings. The number of carbonyl (C=O) groups is 1. The Morgan fingerprint density at radius 1 is 1.27 bits per heavy atom. The van der Waals surface area contributed by atoms with Gasteiger partial charge in [-0.2, -0.15) is 0 Å². The molecule has 2 heterocycles. The topological polar surface area (TPSA) is 70.9 Å². The lowest BCUT2D eigenvalue weighted by Gasteiger charge is -2.18. The molecule has 5 heteroatoms. The first-order valence-corrected chi connectivity index (χ1v) is 7.24. The Labute approximate surface area is 128 Å². The van der Waals surface area contributed by atoms with Crippen LogP contribution in [0.1, 0.15) is 42.6 Å². The standard InChI is InChI=1S/C17H19N3O2/c1-17(2,3)12-4-5-14-11(8-12)9-15(20-14)16(21)18-10-13-6-7-19-22-13/h4-9,20H,10H2,1-3H3,(H,18,21). The number of amides is 1. The third-order valence-electron chi connectivity index (χ3n) is 3.65. The molecule has 0 saturated heterocycles. The maximum absolute atomic E-state index is 12.2. The largest absolute Gasteiger partial charge is 0.360 e. The molecule has 5 nitrogen and oxygen atoms in total. The fraction of sp³-hybridized carbons (Fsp3) is 0.294. The Morgan fingerprint density at radius 3 is 2.77 bits per heavy atom. The summed E-state index contributed by atoms with van der Waals surface area (Å²) in [7, 11) is 0. The van der Waals surface area contributed by atoms with Gasteiger partial charge in [-0.3, -0.25) is 4.79 Å². The molecule has 22 heavy (non-hydrogen) atoms. The fourth-order valence-corrected chi connectivity index (χ4v) is 2.32. The smallest absolute Gasteiger partial charge is 0.268 e. The highest BCUT2D eigenvalue weighted by Gasteiger charge is 2.15. The number of carbonyl (C=O) groups excluding carboxylic acids is 1. The summed E-state index contributed by atoms with van der Waals surface area (Å²) in [4.78, 5) is 15.3. The maximum atomic E-state index is 12.2. The van der Waals surface area contributed by atoms with Gasteiger partial charge in [0.15, 0.2) is 5.76 Å². The average molecular weight is 297 g/mol. The summed E-state index contributed by atoms with van der Waals surface area (Å²) < 4.78 is 4.96. The van der Waals surface area contributed by atoms with Crippen molar-refractivity contribution in [2.24, 2.45) is 0 Å². The number of nitrogens with one attached hydrogen (secondary N) is 2. The number of rotatable bonds is 3. The number of aromatic amines is 1. The molecule has 0 radical (unpaired) electrons. The molecule has 1 amide bonds. The predicted octanol–water partition coefficient (Wildman–Crippen LogP) is 3.38. The van der Waals surface area contributed by atoms with Gasteiger partial charge in [-0.25, -0.2) is 0 Å². The zero-order valence-electron chi connectivity index (χ0n) is 12.9. The monoisotopic (exact) mass is 297 g/mol. The van der Waals surface area contributed by atoms with Crippen molar-refractivity contribution in [1.82, 2.24) is 15.5 Å². The second-order valence-electron chi connectivity index (χ2n) is 6.40. The highest BCUT2D eigenvalue weighted by molar-refractivity contribution is 5.98. The van der Waals surface area contributed by atoms with E-state index in [2.05, 4.69) is 48.4 Å². The van der Waals surface area contributed by atoms with Crippen LogP contribution < -0.4 is 5.32 Å². The van der Waals surface area contributed by atoms with Crippen LogP contribution in [0.5, 0.6) is 0 Å². The van der Waals surface area contributed by atoms with Gasteiger partial charge in [0.05, 0.1) is 12.7 Å². The molecule has 2 N–H and O–H groups in total. The second kappa shape index (κ2) is 5.33. The normalized spacial score (nSPS) is 11.8. The van der Waals surface area contributed by atoms with Gasteiger partial charge >= 0.3 is 0 Å². The highest BCUT2D eigenvalue weighted by Crippen LogP contribution is 2.26. The van der Waals surface area contributed by atoms with Crippen LogP contribution in [0.15, 0.2) is 41.1 Å². The van der Waals surface area contributed by atoms with Gasteiger partial charge in [-0.15, -0.1) is 0 Å².